The number of hydrogen-bond acceptors (Lipinski definition) is 3. The van der Waals surface area contributed by atoms with Gasteiger partial charge in [0.2, 0.25) is 0 Å². The van der Waals surface area contributed by atoms with Gasteiger partial charge in [0.25, 0.3) is 0 Å². The van der Waals surface area contributed by atoms with Gasteiger partial charge in [-0.05, 0) is 37.8 Å². The summed E-state index contributed by atoms with van der Waals surface area (Å²) >= 11 is 1.89. The van der Waals surface area contributed by atoms with Crippen molar-refractivity contribution >= 4 is 16.9 Å². The molecule has 0 spiro atoms. The maximum absolute atomic E-state index is 4.74. The first-order valence-electron chi connectivity index (χ1n) is 7.31. The average molecular weight is 269 g/mol. The minimum absolute atomic E-state index is 0.614. The van der Waals surface area contributed by atoms with Gasteiger partial charge in [-0.1, -0.05) is 32.5 Å². The minimum atomic E-state index is 0.614. The molecule has 2 saturated heterocycles. The highest BCUT2D eigenvalue weighted by molar-refractivity contribution is 8.14. The number of nitrogens with zero attached hydrogens (tertiary/aromatic N) is 2. The van der Waals surface area contributed by atoms with Crippen LogP contribution in [0, 0.1) is 11.8 Å². The number of nitrogens with one attached hydrogen (secondary N) is 1. The summed E-state index contributed by atoms with van der Waals surface area (Å²) in [7, 11) is 0. The van der Waals surface area contributed by atoms with Crippen LogP contribution in [0.5, 0.6) is 0 Å². The zero-order valence-electron chi connectivity index (χ0n) is 12.0. The van der Waals surface area contributed by atoms with E-state index in [1.807, 2.05) is 11.8 Å². The van der Waals surface area contributed by atoms with Crippen LogP contribution in [-0.4, -0.2) is 48.0 Å². The quantitative estimate of drug-likeness (QED) is 0.831. The van der Waals surface area contributed by atoms with E-state index in [9.17, 15) is 0 Å². The first-order valence-corrected chi connectivity index (χ1v) is 8.30. The van der Waals surface area contributed by atoms with Crippen LogP contribution in [0.25, 0.3) is 0 Å². The summed E-state index contributed by atoms with van der Waals surface area (Å²) in [5.41, 5.74) is 0. The molecule has 3 nitrogen and oxygen atoms in total. The van der Waals surface area contributed by atoms with Crippen LogP contribution in [0.3, 0.4) is 0 Å². The van der Waals surface area contributed by atoms with Gasteiger partial charge in [0.05, 0.1) is 0 Å². The van der Waals surface area contributed by atoms with Crippen molar-refractivity contribution in [2.24, 2.45) is 16.8 Å². The number of likely N-dealkylation sites (tertiary alicyclic amines) is 1. The lowest BCUT2D eigenvalue weighted by molar-refractivity contribution is 0.291. The van der Waals surface area contributed by atoms with E-state index in [1.54, 1.807) is 0 Å². The Morgan fingerprint density at radius 3 is 2.67 bits per heavy atom. The van der Waals surface area contributed by atoms with Crippen LogP contribution < -0.4 is 5.32 Å². The first kappa shape index (κ1) is 14.2. The van der Waals surface area contributed by atoms with Crippen LogP contribution in [0.1, 0.15) is 33.6 Å². The van der Waals surface area contributed by atoms with Crippen molar-refractivity contribution in [3.05, 3.63) is 0 Å². The molecule has 2 heterocycles. The molecule has 0 radical (unpaired) electrons. The number of hydrogen-bond donors (Lipinski definition) is 1. The summed E-state index contributed by atoms with van der Waals surface area (Å²) in [6.07, 6.45) is 2.77. The zero-order chi connectivity index (χ0) is 13.0. The Morgan fingerprint density at radius 2 is 2.06 bits per heavy atom. The third-order valence-electron chi connectivity index (χ3n) is 3.83. The molecule has 0 saturated carbocycles. The standard InChI is InChI=1S/C14H27N3S/c1-11(2)13-10-18-14(16-13)15-8-12(3)9-17-6-4-5-7-17/h11-13H,4-10H2,1-3H3,(H,15,16). The lowest BCUT2D eigenvalue weighted by Gasteiger charge is -2.19. The van der Waals surface area contributed by atoms with Gasteiger partial charge in [0.1, 0.15) is 0 Å². The number of amidine groups is 1. The van der Waals surface area contributed by atoms with Gasteiger partial charge in [0, 0.05) is 24.9 Å². The first-order chi connectivity index (χ1) is 8.65. The van der Waals surface area contributed by atoms with Crippen LogP contribution in [0.15, 0.2) is 4.99 Å². The molecule has 2 fully saturated rings. The molecule has 0 amide bonds. The summed E-state index contributed by atoms with van der Waals surface area (Å²) < 4.78 is 0. The molecular formula is C14H27N3S. The monoisotopic (exact) mass is 269 g/mol. The molecule has 0 aliphatic carbocycles. The maximum atomic E-state index is 4.74. The van der Waals surface area contributed by atoms with E-state index in [0.717, 1.165) is 6.54 Å². The summed E-state index contributed by atoms with van der Waals surface area (Å²) in [5.74, 6) is 2.56. The Balaban J connectivity index is 1.70. The second kappa shape index (κ2) is 6.80. The molecule has 18 heavy (non-hydrogen) atoms. The van der Waals surface area contributed by atoms with E-state index in [2.05, 4.69) is 31.0 Å². The average Bonchev–Trinajstić information content (AvgIpc) is 2.96. The van der Waals surface area contributed by atoms with Crippen molar-refractivity contribution in [1.82, 2.24) is 10.2 Å². The van der Waals surface area contributed by atoms with Crippen molar-refractivity contribution in [1.29, 1.82) is 0 Å². The summed E-state index contributed by atoms with van der Waals surface area (Å²) in [4.78, 5) is 7.32. The number of thioether (sulfide) groups is 1. The summed E-state index contributed by atoms with van der Waals surface area (Å²) in [6, 6.07) is 0.614. The van der Waals surface area contributed by atoms with Crippen molar-refractivity contribution < 1.29 is 0 Å². The van der Waals surface area contributed by atoms with E-state index in [0.29, 0.717) is 17.9 Å². The molecule has 4 heteroatoms. The van der Waals surface area contributed by atoms with Crippen LogP contribution in [0.2, 0.25) is 0 Å². The van der Waals surface area contributed by atoms with E-state index in [-0.39, 0.29) is 0 Å². The van der Waals surface area contributed by atoms with Crippen molar-refractivity contribution in [2.45, 2.75) is 39.7 Å². The predicted octanol–water partition coefficient (Wildman–Crippen LogP) is 2.44. The van der Waals surface area contributed by atoms with E-state index in [4.69, 9.17) is 4.99 Å². The lowest BCUT2D eigenvalue weighted by Crippen LogP contribution is -2.32. The van der Waals surface area contributed by atoms with Gasteiger partial charge in [0.15, 0.2) is 5.17 Å². The Kier molecular flexibility index (Phi) is 5.37. The topological polar surface area (TPSA) is 27.6 Å². The predicted molar refractivity (Wildman–Crippen MR) is 81.4 cm³/mol. The lowest BCUT2D eigenvalue weighted by atomic mass is 10.1. The van der Waals surface area contributed by atoms with Gasteiger partial charge in [-0.15, -0.1) is 0 Å². The molecule has 0 aromatic heterocycles. The third kappa shape index (κ3) is 4.16. The molecule has 0 aromatic carbocycles. The third-order valence-corrected chi connectivity index (χ3v) is 4.87. The maximum Gasteiger partial charge on any atom is 0.156 e. The highest BCUT2D eigenvalue weighted by atomic mass is 32.2. The SMILES string of the molecule is CC(CN=C1NC(C(C)C)CS1)CN1CCCC1. The Hall–Kier alpha value is -0.220. The van der Waals surface area contributed by atoms with Gasteiger partial charge < -0.3 is 10.2 Å². The largest absolute Gasteiger partial charge is 0.361 e. The second-order valence-corrected chi connectivity index (χ2v) is 7.07. The zero-order valence-corrected chi connectivity index (χ0v) is 12.8. The Labute approximate surface area is 116 Å². The second-order valence-electron chi connectivity index (χ2n) is 6.06. The highest BCUT2D eigenvalue weighted by Crippen LogP contribution is 2.19. The van der Waals surface area contributed by atoms with Gasteiger partial charge >= 0.3 is 0 Å². The fraction of sp³-hybridized carbons (Fsp3) is 0.929. The molecular weight excluding hydrogens is 242 g/mol. The van der Waals surface area contributed by atoms with Gasteiger partial charge in [-0.3, -0.25) is 4.99 Å². The molecule has 2 atom stereocenters. The fourth-order valence-corrected chi connectivity index (χ4v) is 3.77. The number of aliphatic imine (C=N–C) groups is 1. The smallest absolute Gasteiger partial charge is 0.156 e. The van der Waals surface area contributed by atoms with E-state index < -0.39 is 0 Å². The van der Waals surface area contributed by atoms with Gasteiger partial charge in [-0.2, -0.15) is 0 Å². The van der Waals surface area contributed by atoms with Crippen LogP contribution in [-0.2, 0) is 0 Å². The normalized spacial score (nSPS) is 29.1. The van der Waals surface area contributed by atoms with Crippen LogP contribution in [0.4, 0.5) is 0 Å². The Bertz CT molecular complexity index is 285. The highest BCUT2D eigenvalue weighted by Gasteiger charge is 2.23. The molecule has 2 rings (SSSR count). The van der Waals surface area contributed by atoms with E-state index in [1.165, 1.54) is 43.4 Å². The molecule has 0 bridgehead atoms. The fourth-order valence-electron chi connectivity index (χ4n) is 2.56. The summed E-state index contributed by atoms with van der Waals surface area (Å²) in [6.45, 7) is 11.6. The van der Waals surface area contributed by atoms with E-state index >= 15 is 0 Å². The molecule has 0 aromatic rings. The molecule has 2 unspecified atom stereocenters. The van der Waals surface area contributed by atoms with Crippen molar-refractivity contribution in [3.63, 3.8) is 0 Å². The Morgan fingerprint density at radius 1 is 1.33 bits per heavy atom. The minimum Gasteiger partial charge on any atom is -0.361 e. The van der Waals surface area contributed by atoms with Crippen molar-refractivity contribution in [3.8, 4) is 0 Å². The molecule has 2 aliphatic rings. The van der Waals surface area contributed by atoms with Crippen molar-refractivity contribution in [2.75, 3.05) is 31.9 Å². The molecule has 2 aliphatic heterocycles. The molecule has 104 valence electrons. The molecule has 1 N–H and O–H groups in total. The summed E-state index contributed by atoms with van der Waals surface area (Å²) in [5, 5.41) is 4.71. The van der Waals surface area contributed by atoms with Gasteiger partial charge in [-0.25, -0.2) is 0 Å². The number of rotatable bonds is 5. The van der Waals surface area contributed by atoms with Crippen LogP contribution >= 0.6 is 11.8 Å².